The van der Waals surface area contributed by atoms with Crippen molar-refractivity contribution in [1.82, 2.24) is 5.32 Å². The quantitative estimate of drug-likeness (QED) is 0.192. The number of rotatable bonds is 9. The van der Waals surface area contributed by atoms with Gasteiger partial charge >= 0.3 is 0 Å². The Morgan fingerprint density at radius 3 is 2.33 bits per heavy atom. The van der Waals surface area contributed by atoms with Gasteiger partial charge in [-0.15, -0.1) is 0 Å². The second kappa shape index (κ2) is 10.6. The van der Waals surface area contributed by atoms with Crippen molar-refractivity contribution < 1.29 is 4.39 Å². The molecule has 33 heavy (non-hydrogen) atoms. The Morgan fingerprint density at radius 1 is 1.06 bits per heavy atom. The molecule has 0 aromatic heterocycles. The molecular formula is C29H30FN3. The van der Waals surface area contributed by atoms with Crippen LogP contribution in [0.1, 0.15) is 47.7 Å². The predicted octanol–water partition coefficient (Wildman–Crippen LogP) is 6.93. The molecular weight excluding hydrogens is 409 g/mol. The zero-order chi connectivity index (χ0) is 24.0. The SMILES string of the molecule is C=C(NC(C(=C)C)c1ccccc1)c1ccc(N)c(C(=N)/C=C/c2ccc(F)cc2)c1CC. The number of nitrogen functional groups attached to an aromatic ring is 1. The van der Waals surface area contributed by atoms with Crippen molar-refractivity contribution in [3.8, 4) is 0 Å². The monoisotopic (exact) mass is 439 g/mol. The Bertz CT molecular complexity index is 1190. The molecule has 0 aliphatic heterocycles. The van der Waals surface area contributed by atoms with Crippen LogP contribution < -0.4 is 11.1 Å². The van der Waals surface area contributed by atoms with Crippen molar-refractivity contribution in [2.24, 2.45) is 0 Å². The van der Waals surface area contributed by atoms with Gasteiger partial charge in [0.15, 0.2) is 0 Å². The number of hydrogen-bond donors (Lipinski definition) is 3. The minimum atomic E-state index is -0.290. The molecule has 4 N–H and O–H groups in total. The Balaban J connectivity index is 1.93. The van der Waals surface area contributed by atoms with Crippen LogP contribution >= 0.6 is 0 Å². The van der Waals surface area contributed by atoms with Gasteiger partial charge in [-0.2, -0.15) is 0 Å². The first-order valence-electron chi connectivity index (χ1n) is 10.9. The van der Waals surface area contributed by atoms with Crippen LogP contribution in [0.2, 0.25) is 0 Å². The summed E-state index contributed by atoms with van der Waals surface area (Å²) >= 11 is 0. The highest BCUT2D eigenvalue weighted by Crippen LogP contribution is 2.30. The number of nitrogens with two attached hydrogens (primary N) is 1. The molecule has 0 saturated carbocycles. The van der Waals surface area contributed by atoms with Crippen LogP contribution in [0.5, 0.6) is 0 Å². The van der Waals surface area contributed by atoms with Gasteiger partial charge in [-0.05, 0) is 54.3 Å². The first-order chi connectivity index (χ1) is 15.8. The van der Waals surface area contributed by atoms with Crippen LogP contribution in [0.15, 0.2) is 91.5 Å². The van der Waals surface area contributed by atoms with Crippen LogP contribution in [0.3, 0.4) is 0 Å². The molecule has 0 heterocycles. The van der Waals surface area contributed by atoms with Gasteiger partial charge in [0.05, 0.1) is 11.8 Å². The molecule has 168 valence electrons. The molecule has 3 aromatic carbocycles. The normalized spacial score (nSPS) is 11.8. The van der Waals surface area contributed by atoms with Gasteiger partial charge in [0.25, 0.3) is 0 Å². The summed E-state index contributed by atoms with van der Waals surface area (Å²) in [5.41, 5.74) is 13.3. The van der Waals surface area contributed by atoms with Gasteiger partial charge in [-0.25, -0.2) is 4.39 Å². The van der Waals surface area contributed by atoms with E-state index in [1.807, 2.05) is 44.2 Å². The zero-order valence-corrected chi connectivity index (χ0v) is 19.2. The second-order valence-corrected chi connectivity index (χ2v) is 8.02. The van der Waals surface area contributed by atoms with E-state index in [4.69, 9.17) is 11.1 Å². The van der Waals surface area contributed by atoms with Crippen LogP contribution in [0.4, 0.5) is 10.1 Å². The second-order valence-electron chi connectivity index (χ2n) is 8.02. The highest BCUT2D eigenvalue weighted by atomic mass is 19.1. The maximum absolute atomic E-state index is 13.2. The molecule has 0 radical (unpaired) electrons. The molecule has 0 fully saturated rings. The van der Waals surface area contributed by atoms with E-state index in [0.717, 1.165) is 33.5 Å². The summed E-state index contributed by atoms with van der Waals surface area (Å²) in [7, 11) is 0. The molecule has 1 atom stereocenters. The van der Waals surface area contributed by atoms with Crippen LogP contribution in [-0.4, -0.2) is 5.71 Å². The van der Waals surface area contributed by atoms with Gasteiger partial charge in [0, 0.05) is 22.5 Å². The van der Waals surface area contributed by atoms with E-state index in [1.54, 1.807) is 24.3 Å². The van der Waals surface area contributed by atoms with Crippen LogP contribution in [0, 0.1) is 11.2 Å². The van der Waals surface area contributed by atoms with Crippen LogP contribution in [-0.2, 0) is 6.42 Å². The third-order valence-electron chi connectivity index (χ3n) is 5.55. The predicted molar refractivity (Wildman–Crippen MR) is 139 cm³/mol. The molecule has 0 amide bonds. The number of anilines is 1. The Kier molecular flexibility index (Phi) is 7.62. The summed E-state index contributed by atoms with van der Waals surface area (Å²) in [4.78, 5) is 0. The molecule has 3 nitrogen and oxygen atoms in total. The Morgan fingerprint density at radius 2 is 1.73 bits per heavy atom. The molecule has 3 aromatic rings. The lowest BCUT2D eigenvalue weighted by atomic mass is 9.91. The summed E-state index contributed by atoms with van der Waals surface area (Å²) in [5, 5.41) is 12.2. The summed E-state index contributed by atoms with van der Waals surface area (Å²) in [5.74, 6) is -0.290. The fourth-order valence-corrected chi connectivity index (χ4v) is 3.86. The number of allylic oxidation sites excluding steroid dienone is 1. The molecule has 0 bridgehead atoms. The van der Waals surface area contributed by atoms with Crippen molar-refractivity contribution in [3.63, 3.8) is 0 Å². The first kappa shape index (κ1) is 23.7. The first-order valence-corrected chi connectivity index (χ1v) is 10.9. The van der Waals surface area contributed by atoms with E-state index in [2.05, 4.69) is 30.6 Å². The Labute approximate surface area is 195 Å². The van der Waals surface area contributed by atoms with Crippen molar-refractivity contribution in [2.45, 2.75) is 26.3 Å². The lowest BCUT2D eigenvalue weighted by Crippen LogP contribution is -2.21. The van der Waals surface area contributed by atoms with E-state index >= 15 is 0 Å². The molecule has 1 unspecified atom stereocenters. The van der Waals surface area contributed by atoms with Crippen molar-refractivity contribution in [1.29, 1.82) is 5.41 Å². The third-order valence-corrected chi connectivity index (χ3v) is 5.55. The molecule has 4 heteroatoms. The lowest BCUT2D eigenvalue weighted by Gasteiger charge is -2.24. The summed E-state index contributed by atoms with van der Waals surface area (Å²) in [6.45, 7) is 12.5. The van der Waals surface area contributed by atoms with E-state index < -0.39 is 0 Å². The number of nitrogens with one attached hydrogen (secondary N) is 2. The van der Waals surface area contributed by atoms with E-state index in [1.165, 1.54) is 12.1 Å². The van der Waals surface area contributed by atoms with Gasteiger partial charge in [0.1, 0.15) is 5.82 Å². The highest BCUT2D eigenvalue weighted by Gasteiger charge is 2.18. The van der Waals surface area contributed by atoms with Gasteiger partial charge in [-0.3, -0.25) is 0 Å². The highest BCUT2D eigenvalue weighted by molar-refractivity contribution is 6.13. The fourth-order valence-electron chi connectivity index (χ4n) is 3.86. The smallest absolute Gasteiger partial charge is 0.123 e. The average Bonchev–Trinajstić information content (AvgIpc) is 2.81. The minimum Gasteiger partial charge on any atom is -0.398 e. The van der Waals surface area contributed by atoms with Crippen molar-refractivity contribution in [2.75, 3.05) is 5.73 Å². The maximum Gasteiger partial charge on any atom is 0.123 e. The third kappa shape index (κ3) is 5.66. The maximum atomic E-state index is 13.2. The molecule has 0 aliphatic carbocycles. The summed E-state index contributed by atoms with van der Waals surface area (Å²) in [6.07, 6.45) is 4.16. The zero-order valence-electron chi connectivity index (χ0n) is 19.2. The molecule has 3 rings (SSSR count). The van der Waals surface area contributed by atoms with Crippen LogP contribution in [0.25, 0.3) is 11.8 Å². The fraction of sp³-hybridized carbons (Fsp3) is 0.138. The topological polar surface area (TPSA) is 61.9 Å². The molecule has 0 saturated heterocycles. The van der Waals surface area contributed by atoms with Gasteiger partial charge in [-0.1, -0.05) is 80.3 Å². The van der Waals surface area contributed by atoms with Crippen molar-refractivity contribution in [3.05, 3.63) is 125 Å². The average molecular weight is 440 g/mol. The van der Waals surface area contributed by atoms with Gasteiger partial charge in [0.2, 0.25) is 0 Å². The molecule has 0 aliphatic rings. The lowest BCUT2D eigenvalue weighted by molar-refractivity contribution is 0.628. The van der Waals surface area contributed by atoms with E-state index in [-0.39, 0.29) is 11.9 Å². The minimum absolute atomic E-state index is 0.0813. The number of benzene rings is 3. The Hall–Kier alpha value is -3.92. The molecule has 0 spiro atoms. The number of halogens is 1. The van der Waals surface area contributed by atoms with Crippen molar-refractivity contribution >= 4 is 23.2 Å². The van der Waals surface area contributed by atoms with Gasteiger partial charge < -0.3 is 16.5 Å². The largest absolute Gasteiger partial charge is 0.398 e. The summed E-state index contributed by atoms with van der Waals surface area (Å²) in [6, 6.07) is 19.9. The summed E-state index contributed by atoms with van der Waals surface area (Å²) < 4.78 is 13.2. The van der Waals surface area contributed by atoms with E-state index in [0.29, 0.717) is 23.4 Å². The standard InChI is InChI=1S/C29H30FN3/c1-5-24-25(20(4)33-29(19(2)3)22-9-7-6-8-10-22)16-18-27(32)28(24)26(31)17-13-21-11-14-23(30)15-12-21/h6-18,29,31,33H,2,4-5,32H2,1,3H3/b17-13+,31-26?. The van der Waals surface area contributed by atoms with E-state index in [9.17, 15) is 4.39 Å². The number of hydrogen-bond acceptors (Lipinski definition) is 3.